The third-order valence-electron chi connectivity index (χ3n) is 3.61. The van der Waals surface area contributed by atoms with Crippen LogP contribution in [0.4, 0.5) is 11.4 Å². The van der Waals surface area contributed by atoms with Gasteiger partial charge in [0.1, 0.15) is 11.4 Å². The van der Waals surface area contributed by atoms with Crippen LogP contribution in [0.3, 0.4) is 0 Å². The molecule has 0 radical (unpaired) electrons. The van der Waals surface area contributed by atoms with Gasteiger partial charge in [0.05, 0.1) is 17.1 Å². The van der Waals surface area contributed by atoms with Gasteiger partial charge in [-0.05, 0) is 50.2 Å². The van der Waals surface area contributed by atoms with Gasteiger partial charge >= 0.3 is 0 Å². The van der Waals surface area contributed by atoms with E-state index in [0.717, 1.165) is 17.1 Å². The van der Waals surface area contributed by atoms with Crippen LogP contribution in [0, 0.1) is 6.92 Å². The smallest absolute Gasteiger partial charge is 0.143 e. The molecule has 0 aliphatic heterocycles. The molecule has 0 amide bonds. The Morgan fingerprint density at radius 2 is 1.42 bits per heavy atom. The number of benzene rings is 2. The van der Waals surface area contributed by atoms with E-state index in [1.165, 1.54) is 0 Å². The number of para-hydroxylation sites is 2. The Morgan fingerprint density at radius 1 is 0.875 bits per heavy atom. The molecule has 120 valence electrons. The Kier molecular flexibility index (Phi) is 4.57. The molecule has 0 unspecified atom stereocenters. The fourth-order valence-corrected chi connectivity index (χ4v) is 2.42. The largest absolute Gasteiger partial charge is 0.506 e. The summed E-state index contributed by atoms with van der Waals surface area (Å²) in [5.74, 6) is 0.128. The first-order chi connectivity index (χ1) is 11.6. The van der Waals surface area contributed by atoms with Crippen LogP contribution in [-0.2, 0) is 0 Å². The number of hydrogen-bond acceptors (Lipinski definition) is 4. The Labute approximate surface area is 141 Å². The number of hydrazone groups is 1. The molecule has 0 atom stereocenters. The number of aryl methyl sites for hydroxylation is 1. The maximum atomic E-state index is 10.1. The van der Waals surface area contributed by atoms with Gasteiger partial charge in [0, 0.05) is 5.69 Å². The van der Waals surface area contributed by atoms with Gasteiger partial charge in [-0.2, -0.15) is 5.10 Å². The van der Waals surface area contributed by atoms with Crippen LogP contribution >= 0.6 is 0 Å². The zero-order valence-corrected chi connectivity index (χ0v) is 13.7. The van der Waals surface area contributed by atoms with Gasteiger partial charge in [-0.15, -0.1) is 0 Å². The van der Waals surface area contributed by atoms with Crippen LogP contribution in [-0.4, -0.2) is 15.8 Å². The number of rotatable bonds is 4. The predicted molar refractivity (Wildman–Crippen MR) is 97.9 cm³/mol. The SMILES string of the molecule is CC(=NN(c1ccccc1)c1ccccc1)c1nc(C)ccc1O. The molecule has 0 bridgehead atoms. The van der Waals surface area contributed by atoms with E-state index < -0.39 is 0 Å². The van der Waals surface area contributed by atoms with Crippen LogP contribution < -0.4 is 5.01 Å². The fraction of sp³-hybridized carbons (Fsp3) is 0.100. The zero-order chi connectivity index (χ0) is 16.9. The van der Waals surface area contributed by atoms with Crippen molar-refractivity contribution in [3.63, 3.8) is 0 Å². The monoisotopic (exact) mass is 317 g/mol. The van der Waals surface area contributed by atoms with Gasteiger partial charge in [0.2, 0.25) is 0 Å². The van der Waals surface area contributed by atoms with Crippen molar-refractivity contribution in [3.8, 4) is 5.75 Å². The average molecular weight is 317 g/mol. The Balaban J connectivity index is 2.08. The molecule has 0 saturated carbocycles. The standard InChI is InChI=1S/C20H19N3O/c1-15-13-14-19(24)20(21-15)16(2)22-23(17-9-5-3-6-10-17)18-11-7-4-8-12-18/h3-14,24H,1-2H3. The number of aromatic nitrogens is 1. The molecule has 3 aromatic rings. The summed E-state index contributed by atoms with van der Waals surface area (Å²) in [4.78, 5) is 4.41. The van der Waals surface area contributed by atoms with Gasteiger partial charge in [-0.3, -0.25) is 0 Å². The molecule has 2 aromatic carbocycles. The molecule has 3 rings (SSSR count). The molecule has 0 saturated heterocycles. The van der Waals surface area contributed by atoms with Crippen molar-refractivity contribution < 1.29 is 5.11 Å². The number of aromatic hydroxyl groups is 1. The van der Waals surface area contributed by atoms with Crippen molar-refractivity contribution in [1.82, 2.24) is 4.98 Å². The molecule has 0 spiro atoms. The van der Waals surface area contributed by atoms with Crippen molar-refractivity contribution in [2.75, 3.05) is 5.01 Å². The van der Waals surface area contributed by atoms with Gasteiger partial charge in [0.15, 0.2) is 0 Å². The number of anilines is 2. The highest BCUT2D eigenvalue weighted by atomic mass is 16.3. The summed E-state index contributed by atoms with van der Waals surface area (Å²) in [5.41, 5.74) is 3.85. The molecule has 1 heterocycles. The van der Waals surface area contributed by atoms with Gasteiger partial charge in [-0.25, -0.2) is 9.99 Å². The molecule has 0 fully saturated rings. The summed E-state index contributed by atoms with van der Waals surface area (Å²) in [7, 11) is 0. The summed E-state index contributed by atoms with van der Waals surface area (Å²) in [6.07, 6.45) is 0. The average Bonchev–Trinajstić information content (AvgIpc) is 2.63. The first kappa shape index (κ1) is 15.7. The minimum absolute atomic E-state index is 0.128. The first-order valence-electron chi connectivity index (χ1n) is 7.77. The van der Waals surface area contributed by atoms with Crippen molar-refractivity contribution in [2.45, 2.75) is 13.8 Å². The third kappa shape index (κ3) is 3.43. The Hall–Kier alpha value is -3.14. The van der Waals surface area contributed by atoms with Crippen molar-refractivity contribution in [2.24, 2.45) is 5.10 Å². The molecule has 0 aliphatic carbocycles. The quantitative estimate of drug-likeness (QED) is 0.562. The molecule has 1 aromatic heterocycles. The third-order valence-corrected chi connectivity index (χ3v) is 3.61. The summed E-state index contributed by atoms with van der Waals surface area (Å²) >= 11 is 0. The summed E-state index contributed by atoms with van der Waals surface area (Å²) in [6.45, 7) is 3.74. The van der Waals surface area contributed by atoms with Crippen LogP contribution in [0.25, 0.3) is 0 Å². The summed E-state index contributed by atoms with van der Waals surface area (Å²) in [5, 5.41) is 16.7. The Bertz CT molecular complexity index is 806. The molecule has 4 nitrogen and oxygen atoms in total. The van der Waals surface area contributed by atoms with Crippen molar-refractivity contribution >= 4 is 17.1 Å². The lowest BCUT2D eigenvalue weighted by Gasteiger charge is -2.20. The highest BCUT2D eigenvalue weighted by Gasteiger charge is 2.12. The highest BCUT2D eigenvalue weighted by Crippen LogP contribution is 2.26. The van der Waals surface area contributed by atoms with Crippen LogP contribution in [0.1, 0.15) is 18.3 Å². The maximum Gasteiger partial charge on any atom is 0.143 e. The van der Waals surface area contributed by atoms with Gasteiger partial charge in [0.25, 0.3) is 0 Å². The highest BCUT2D eigenvalue weighted by molar-refractivity contribution is 6.00. The van der Waals surface area contributed by atoms with Crippen molar-refractivity contribution in [3.05, 3.63) is 84.2 Å². The van der Waals surface area contributed by atoms with E-state index in [0.29, 0.717) is 11.4 Å². The van der Waals surface area contributed by atoms with E-state index in [9.17, 15) is 5.11 Å². The van der Waals surface area contributed by atoms with Crippen molar-refractivity contribution in [1.29, 1.82) is 0 Å². The number of nitrogens with zero attached hydrogens (tertiary/aromatic N) is 3. The summed E-state index contributed by atoms with van der Waals surface area (Å²) in [6, 6.07) is 23.2. The molecule has 24 heavy (non-hydrogen) atoms. The van der Waals surface area contributed by atoms with E-state index in [4.69, 9.17) is 5.10 Å². The van der Waals surface area contributed by atoms with E-state index in [2.05, 4.69) is 4.98 Å². The zero-order valence-electron chi connectivity index (χ0n) is 13.7. The second kappa shape index (κ2) is 6.96. The van der Waals surface area contributed by atoms with E-state index >= 15 is 0 Å². The molecular formula is C20H19N3O. The molecule has 0 aliphatic rings. The maximum absolute atomic E-state index is 10.1. The number of hydrogen-bond donors (Lipinski definition) is 1. The van der Waals surface area contributed by atoms with Crippen LogP contribution in [0.2, 0.25) is 0 Å². The molecule has 1 N–H and O–H groups in total. The Morgan fingerprint density at radius 3 is 1.96 bits per heavy atom. The topological polar surface area (TPSA) is 48.7 Å². The predicted octanol–water partition coefficient (Wildman–Crippen LogP) is 4.66. The minimum atomic E-state index is 0.128. The van der Waals surface area contributed by atoms with E-state index in [-0.39, 0.29) is 5.75 Å². The molecular weight excluding hydrogens is 298 g/mol. The summed E-state index contributed by atoms with van der Waals surface area (Å²) < 4.78 is 0. The second-order valence-corrected chi connectivity index (χ2v) is 5.49. The lowest BCUT2D eigenvalue weighted by atomic mass is 10.2. The fourth-order valence-electron chi connectivity index (χ4n) is 2.42. The van der Waals surface area contributed by atoms with Crippen LogP contribution in [0.15, 0.2) is 77.9 Å². The first-order valence-corrected chi connectivity index (χ1v) is 7.77. The van der Waals surface area contributed by atoms with Gasteiger partial charge in [-0.1, -0.05) is 36.4 Å². The van der Waals surface area contributed by atoms with E-state index in [1.807, 2.05) is 79.5 Å². The van der Waals surface area contributed by atoms with E-state index in [1.54, 1.807) is 12.1 Å². The lowest BCUT2D eigenvalue weighted by molar-refractivity contribution is 0.471. The molecule has 4 heteroatoms. The normalized spacial score (nSPS) is 11.3. The minimum Gasteiger partial charge on any atom is -0.506 e. The van der Waals surface area contributed by atoms with Gasteiger partial charge < -0.3 is 5.11 Å². The van der Waals surface area contributed by atoms with Crippen LogP contribution in [0.5, 0.6) is 5.75 Å². The second-order valence-electron chi connectivity index (χ2n) is 5.49. The lowest BCUT2D eigenvalue weighted by Crippen LogP contribution is -2.13. The number of pyridine rings is 1.